The number of ether oxygens (including phenoxy) is 1. The lowest BCUT2D eigenvalue weighted by Gasteiger charge is -2.37. The molecular weight excluding hydrogens is 507 g/mol. The van der Waals surface area contributed by atoms with E-state index in [4.69, 9.17) is 10.5 Å². The lowest BCUT2D eigenvalue weighted by atomic mass is 10.0. The van der Waals surface area contributed by atoms with Gasteiger partial charge in [-0.3, -0.25) is 9.69 Å². The van der Waals surface area contributed by atoms with Gasteiger partial charge in [0.2, 0.25) is 5.91 Å². The normalized spacial score (nSPS) is 17.5. The number of piperidine rings is 1. The van der Waals surface area contributed by atoms with Gasteiger partial charge in [-0.2, -0.15) is 13.2 Å². The van der Waals surface area contributed by atoms with Gasteiger partial charge in [0, 0.05) is 75.3 Å². The van der Waals surface area contributed by atoms with Crippen LogP contribution in [-0.2, 0) is 11.0 Å². The first-order valence-electron chi connectivity index (χ1n) is 13.8. The summed E-state index contributed by atoms with van der Waals surface area (Å²) in [7, 11) is 0. The van der Waals surface area contributed by atoms with Crippen LogP contribution in [0.5, 0.6) is 5.75 Å². The Morgan fingerprint density at radius 1 is 1.03 bits per heavy atom. The van der Waals surface area contributed by atoms with Crippen molar-refractivity contribution in [3.05, 3.63) is 48.0 Å². The molecule has 7 nitrogen and oxygen atoms in total. The smallest absolute Gasteiger partial charge is 0.418 e. The Bertz CT molecular complexity index is 1080. The number of rotatable bonds is 9. The molecule has 0 bridgehead atoms. The number of carbonyl (C=O) groups excluding carboxylic acids is 1. The van der Waals surface area contributed by atoms with Gasteiger partial charge in [0.05, 0.1) is 12.2 Å². The zero-order chi connectivity index (χ0) is 28.0. The van der Waals surface area contributed by atoms with E-state index in [-0.39, 0.29) is 17.6 Å². The Labute approximate surface area is 229 Å². The molecule has 2 saturated heterocycles. The van der Waals surface area contributed by atoms with E-state index in [1.54, 1.807) is 6.07 Å². The number of likely N-dealkylation sites (tertiary alicyclic amines) is 1. The molecule has 2 aromatic carbocycles. The summed E-state index contributed by atoms with van der Waals surface area (Å²) in [6.07, 6.45) is -2.63. The molecule has 3 N–H and O–H groups in total. The van der Waals surface area contributed by atoms with E-state index in [0.717, 1.165) is 44.5 Å². The molecule has 39 heavy (non-hydrogen) atoms. The largest absolute Gasteiger partial charge is 0.493 e. The molecule has 0 saturated carbocycles. The second-order valence-electron chi connectivity index (χ2n) is 10.9. The average Bonchev–Trinajstić information content (AvgIpc) is 2.92. The molecular formula is C29H40F3N5O2. The maximum absolute atomic E-state index is 13.1. The molecule has 214 valence electrons. The predicted octanol–water partition coefficient (Wildman–Crippen LogP) is 4.94. The number of nitrogens with two attached hydrogens (primary N) is 1. The first-order chi connectivity index (χ1) is 18.6. The Morgan fingerprint density at radius 2 is 1.69 bits per heavy atom. The Balaban J connectivity index is 1.15. The summed E-state index contributed by atoms with van der Waals surface area (Å²) in [5, 5.41) is 3.18. The SMILES string of the molecule is CC(C)COc1ccc(N2CCN(CCC(=O)N3CCC(Nc4ccc(N)c(C(F)(F)F)c4)CC3)CC2)cc1. The second kappa shape index (κ2) is 12.8. The molecule has 1 amide bonds. The number of alkyl halides is 3. The Morgan fingerprint density at radius 3 is 2.31 bits per heavy atom. The number of halogens is 3. The third kappa shape index (κ3) is 8.17. The topological polar surface area (TPSA) is 74.1 Å². The predicted molar refractivity (Wildman–Crippen MR) is 149 cm³/mol. The zero-order valence-electron chi connectivity index (χ0n) is 22.8. The number of benzene rings is 2. The summed E-state index contributed by atoms with van der Waals surface area (Å²) in [5.74, 6) is 1.53. The van der Waals surface area contributed by atoms with Crippen molar-refractivity contribution in [2.24, 2.45) is 5.92 Å². The van der Waals surface area contributed by atoms with Crippen molar-refractivity contribution in [1.82, 2.24) is 9.80 Å². The zero-order valence-corrected chi connectivity index (χ0v) is 22.8. The van der Waals surface area contributed by atoms with Crippen molar-refractivity contribution in [1.29, 1.82) is 0 Å². The van der Waals surface area contributed by atoms with Crippen LogP contribution in [0, 0.1) is 5.92 Å². The molecule has 2 aliphatic heterocycles. The highest BCUT2D eigenvalue weighted by Crippen LogP contribution is 2.35. The Kier molecular flexibility index (Phi) is 9.48. The Hall–Kier alpha value is -3.14. The van der Waals surface area contributed by atoms with Gasteiger partial charge in [-0.1, -0.05) is 13.8 Å². The highest BCUT2D eigenvalue weighted by molar-refractivity contribution is 5.76. The van der Waals surface area contributed by atoms with Gasteiger partial charge < -0.3 is 25.6 Å². The molecule has 0 aromatic heterocycles. The fourth-order valence-electron chi connectivity index (χ4n) is 5.06. The van der Waals surface area contributed by atoms with Crippen molar-refractivity contribution in [3.63, 3.8) is 0 Å². The van der Waals surface area contributed by atoms with E-state index in [1.165, 1.54) is 11.8 Å². The fraction of sp³-hybridized carbons (Fsp3) is 0.552. The van der Waals surface area contributed by atoms with Gasteiger partial charge in [-0.05, 0) is 61.2 Å². The lowest BCUT2D eigenvalue weighted by molar-refractivity contribution is -0.137. The number of nitrogen functional groups attached to an aromatic ring is 1. The monoisotopic (exact) mass is 547 g/mol. The van der Waals surface area contributed by atoms with Crippen molar-refractivity contribution in [3.8, 4) is 5.75 Å². The van der Waals surface area contributed by atoms with Gasteiger partial charge in [0.25, 0.3) is 0 Å². The third-order valence-corrected chi connectivity index (χ3v) is 7.38. The van der Waals surface area contributed by atoms with Crippen LogP contribution >= 0.6 is 0 Å². The van der Waals surface area contributed by atoms with Crippen LogP contribution in [0.15, 0.2) is 42.5 Å². The third-order valence-electron chi connectivity index (χ3n) is 7.38. The van der Waals surface area contributed by atoms with Gasteiger partial charge in [-0.15, -0.1) is 0 Å². The molecule has 0 unspecified atom stereocenters. The number of nitrogens with zero attached hydrogens (tertiary/aromatic N) is 3. The quantitative estimate of drug-likeness (QED) is 0.434. The maximum Gasteiger partial charge on any atom is 0.418 e. The minimum atomic E-state index is -4.49. The summed E-state index contributed by atoms with van der Waals surface area (Å²) in [4.78, 5) is 19.4. The molecule has 4 rings (SSSR count). The van der Waals surface area contributed by atoms with Crippen molar-refractivity contribution in [2.45, 2.75) is 45.3 Å². The number of anilines is 3. The first-order valence-corrected chi connectivity index (χ1v) is 13.8. The minimum absolute atomic E-state index is 0.0164. The van der Waals surface area contributed by atoms with Crippen molar-refractivity contribution in [2.75, 3.05) is 68.4 Å². The van der Waals surface area contributed by atoms with Crippen LogP contribution in [0.4, 0.5) is 30.2 Å². The van der Waals surface area contributed by atoms with Crippen LogP contribution in [0.3, 0.4) is 0 Å². The maximum atomic E-state index is 13.1. The van der Waals surface area contributed by atoms with Crippen LogP contribution in [0.1, 0.15) is 38.7 Å². The van der Waals surface area contributed by atoms with Crippen LogP contribution in [0.2, 0.25) is 0 Å². The van der Waals surface area contributed by atoms with Crippen LogP contribution in [-0.4, -0.2) is 74.2 Å². The fourth-order valence-corrected chi connectivity index (χ4v) is 5.06. The molecule has 0 radical (unpaired) electrons. The van der Waals surface area contributed by atoms with E-state index in [9.17, 15) is 18.0 Å². The summed E-state index contributed by atoms with van der Waals surface area (Å²) in [6.45, 7) is 10.6. The molecule has 0 atom stereocenters. The van der Waals surface area contributed by atoms with Gasteiger partial charge in [0.1, 0.15) is 5.75 Å². The van der Waals surface area contributed by atoms with E-state index in [2.05, 4.69) is 41.1 Å². The number of amides is 1. The highest BCUT2D eigenvalue weighted by atomic mass is 19.4. The molecule has 2 heterocycles. The van der Waals surface area contributed by atoms with Crippen LogP contribution in [0.25, 0.3) is 0 Å². The summed E-state index contributed by atoms with van der Waals surface area (Å²) >= 11 is 0. The molecule has 0 spiro atoms. The molecule has 2 fully saturated rings. The molecule has 10 heteroatoms. The van der Waals surface area contributed by atoms with E-state index in [1.807, 2.05) is 17.0 Å². The summed E-state index contributed by atoms with van der Waals surface area (Å²) < 4.78 is 45.2. The van der Waals surface area contributed by atoms with Crippen LogP contribution < -0.4 is 20.7 Å². The van der Waals surface area contributed by atoms with E-state index < -0.39 is 11.7 Å². The highest BCUT2D eigenvalue weighted by Gasteiger charge is 2.33. The number of hydrogen-bond donors (Lipinski definition) is 2. The summed E-state index contributed by atoms with van der Waals surface area (Å²) in [6, 6.07) is 12.2. The minimum Gasteiger partial charge on any atom is -0.493 e. The standard InChI is InChI=1S/C29H40F3N5O2/c1-21(2)20-39-25-6-4-24(5-7-25)36-17-15-35(16-18-36)12-11-28(38)37-13-9-22(10-14-37)34-23-3-8-27(33)26(19-23)29(30,31)32/h3-8,19,21-22,34H,9-18,20,33H2,1-2H3. The van der Waals surface area contributed by atoms with E-state index >= 15 is 0 Å². The van der Waals surface area contributed by atoms with Gasteiger partial charge in [0.15, 0.2) is 0 Å². The molecule has 0 aliphatic carbocycles. The van der Waals surface area contributed by atoms with Gasteiger partial charge in [-0.25, -0.2) is 0 Å². The summed E-state index contributed by atoms with van der Waals surface area (Å²) in [5.41, 5.74) is 5.97. The van der Waals surface area contributed by atoms with Crippen molar-refractivity contribution >= 4 is 23.0 Å². The first kappa shape index (κ1) is 28.9. The van der Waals surface area contributed by atoms with Crippen molar-refractivity contribution < 1.29 is 22.7 Å². The number of carbonyl (C=O) groups is 1. The van der Waals surface area contributed by atoms with E-state index in [0.29, 0.717) is 50.6 Å². The number of piperazine rings is 1. The second-order valence-corrected chi connectivity index (χ2v) is 10.9. The lowest BCUT2D eigenvalue weighted by Crippen LogP contribution is -2.48. The molecule has 2 aromatic rings. The van der Waals surface area contributed by atoms with Gasteiger partial charge >= 0.3 is 6.18 Å². The number of nitrogens with one attached hydrogen (secondary N) is 1. The molecule has 2 aliphatic rings. The number of hydrogen-bond acceptors (Lipinski definition) is 6. The average molecular weight is 548 g/mol.